The van der Waals surface area contributed by atoms with Gasteiger partial charge < -0.3 is 0 Å². The lowest BCUT2D eigenvalue weighted by atomic mass is 9.88. The topological polar surface area (TPSA) is 37.4 Å². The number of sulfonamides is 1. The molecule has 0 radical (unpaired) electrons. The van der Waals surface area contributed by atoms with Gasteiger partial charge in [0, 0.05) is 6.54 Å². The third kappa shape index (κ3) is 6.26. The lowest BCUT2D eigenvalue weighted by molar-refractivity contribution is 0.401. The second-order valence-electron chi connectivity index (χ2n) is 5.60. The minimum absolute atomic E-state index is 0.0144. The predicted octanol–water partition coefficient (Wildman–Crippen LogP) is 5.91. The zero-order valence-electron chi connectivity index (χ0n) is 13.5. The summed E-state index contributed by atoms with van der Waals surface area (Å²) in [5, 5.41) is -0.505. The van der Waals surface area contributed by atoms with Crippen molar-refractivity contribution in [2.75, 3.05) is 6.54 Å². The summed E-state index contributed by atoms with van der Waals surface area (Å²) in [4.78, 5) is -1.14. The van der Waals surface area contributed by atoms with Crippen molar-refractivity contribution in [3.05, 3.63) is 24.8 Å². The van der Waals surface area contributed by atoms with Gasteiger partial charge in [-0.05, 0) is 37.1 Å². The molecular formula is C15H23Cl4NO2S2. The molecule has 2 atom stereocenters. The third-order valence-corrected chi connectivity index (χ3v) is 9.75. The van der Waals surface area contributed by atoms with Gasteiger partial charge in [-0.1, -0.05) is 61.2 Å². The summed E-state index contributed by atoms with van der Waals surface area (Å²) in [6, 6.07) is 0. The second kappa shape index (κ2) is 10.3. The van der Waals surface area contributed by atoms with Crippen LogP contribution in [0.2, 0.25) is 0 Å². The summed E-state index contributed by atoms with van der Waals surface area (Å²) in [5.41, 5.74) is 0. The van der Waals surface area contributed by atoms with Crippen molar-refractivity contribution in [1.82, 2.24) is 3.71 Å². The van der Waals surface area contributed by atoms with Crippen LogP contribution in [0.25, 0.3) is 0 Å². The molecule has 1 fully saturated rings. The SMILES string of the molecule is C=CCN(SC(Cl)(Cl)C(Cl)Cl)S(=O)(=O)C1CCCCC1C=CCC. The van der Waals surface area contributed by atoms with Crippen LogP contribution in [0.5, 0.6) is 0 Å². The molecule has 1 rings (SSSR count). The maximum absolute atomic E-state index is 13.2. The number of allylic oxidation sites excluding steroid dienone is 2. The van der Waals surface area contributed by atoms with Crippen LogP contribution < -0.4 is 0 Å². The van der Waals surface area contributed by atoms with Crippen molar-refractivity contribution in [3.8, 4) is 0 Å². The van der Waals surface area contributed by atoms with Gasteiger partial charge >= 0.3 is 0 Å². The van der Waals surface area contributed by atoms with Crippen molar-refractivity contribution in [1.29, 1.82) is 0 Å². The van der Waals surface area contributed by atoms with E-state index in [2.05, 4.69) is 6.58 Å². The van der Waals surface area contributed by atoms with Gasteiger partial charge in [0.15, 0.2) is 4.84 Å². The van der Waals surface area contributed by atoms with E-state index in [-0.39, 0.29) is 12.5 Å². The van der Waals surface area contributed by atoms with Crippen molar-refractivity contribution in [2.24, 2.45) is 5.92 Å². The average Bonchev–Trinajstić information content (AvgIpc) is 2.52. The van der Waals surface area contributed by atoms with E-state index in [9.17, 15) is 8.42 Å². The highest BCUT2D eigenvalue weighted by Crippen LogP contribution is 2.46. The van der Waals surface area contributed by atoms with Crippen LogP contribution >= 0.6 is 58.4 Å². The number of hydrogen-bond acceptors (Lipinski definition) is 3. The van der Waals surface area contributed by atoms with Gasteiger partial charge in [0.05, 0.1) is 5.25 Å². The number of halogens is 4. The van der Waals surface area contributed by atoms with E-state index in [4.69, 9.17) is 46.4 Å². The first-order chi connectivity index (χ1) is 11.2. The first-order valence-electron chi connectivity index (χ1n) is 7.81. The van der Waals surface area contributed by atoms with Crippen LogP contribution in [-0.2, 0) is 10.0 Å². The van der Waals surface area contributed by atoms with E-state index in [0.29, 0.717) is 6.42 Å². The Morgan fingerprint density at radius 2 is 1.96 bits per heavy atom. The Labute approximate surface area is 169 Å². The lowest BCUT2D eigenvalue weighted by Crippen LogP contribution is -2.42. The van der Waals surface area contributed by atoms with Crippen LogP contribution in [0.1, 0.15) is 39.0 Å². The van der Waals surface area contributed by atoms with E-state index in [0.717, 1.165) is 37.6 Å². The molecule has 1 saturated carbocycles. The molecule has 2 unspecified atom stereocenters. The number of nitrogens with zero attached hydrogens (tertiary/aromatic N) is 1. The van der Waals surface area contributed by atoms with Crippen LogP contribution in [0.15, 0.2) is 24.8 Å². The fourth-order valence-corrected chi connectivity index (χ4v) is 7.02. The van der Waals surface area contributed by atoms with Crippen LogP contribution in [-0.4, -0.2) is 32.4 Å². The average molecular weight is 455 g/mol. The smallest absolute Gasteiger partial charge is 0.211 e. The second-order valence-corrected chi connectivity index (χ2v) is 12.1. The van der Waals surface area contributed by atoms with Gasteiger partial charge in [-0.15, -0.1) is 33.5 Å². The summed E-state index contributed by atoms with van der Waals surface area (Å²) in [5.74, 6) is -0.0144. The van der Waals surface area contributed by atoms with Crippen molar-refractivity contribution in [3.63, 3.8) is 0 Å². The molecule has 0 heterocycles. The molecule has 0 amide bonds. The highest BCUT2D eigenvalue weighted by atomic mass is 35.5. The molecule has 1 aliphatic carbocycles. The summed E-state index contributed by atoms with van der Waals surface area (Å²) in [7, 11) is -3.64. The third-order valence-electron chi connectivity index (χ3n) is 3.79. The molecule has 24 heavy (non-hydrogen) atoms. The Morgan fingerprint density at radius 1 is 1.33 bits per heavy atom. The van der Waals surface area contributed by atoms with Gasteiger partial charge in [-0.2, -0.15) is 0 Å². The quantitative estimate of drug-likeness (QED) is 0.246. The maximum atomic E-state index is 13.2. The highest BCUT2D eigenvalue weighted by Gasteiger charge is 2.43. The molecule has 0 N–H and O–H groups in total. The van der Waals surface area contributed by atoms with Crippen molar-refractivity contribution in [2.45, 2.75) is 52.8 Å². The van der Waals surface area contributed by atoms with Gasteiger partial charge in [-0.25, -0.2) is 8.42 Å². The lowest BCUT2D eigenvalue weighted by Gasteiger charge is -2.35. The fourth-order valence-electron chi connectivity index (χ4n) is 2.65. The zero-order chi connectivity index (χ0) is 18.4. The van der Waals surface area contributed by atoms with Crippen molar-refractivity contribution < 1.29 is 8.42 Å². The Bertz CT molecular complexity index is 538. The zero-order valence-corrected chi connectivity index (χ0v) is 18.2. The van der Waals surface area contributed by atoms with E-state index in [1.807, 2.05) is 19.1 Å². The summed E-state index contributed by atoms with van der Waals surface area (Å²) >= 11 is 24.4. The number of hydrogen-bond donors (Lipinski definition) is 0. The molecule has 0 bridgehead atoms. The molecule has 0 spiro atoms. The fraction of sp³-hybridized carbons (Fsp3) is 0.733. The molecule has 140 valence electrons. The van der Waals surface area contributed by atoms with Gasteiger partial charge in [0.2, 0.25) is 13.7 Å². The first kappa shape index (κ1) is 22.9. The van der Waals surface area contributed by atoms with Gasteiger partial charge in [0.25, 0.3) is 0 Å². The standard InChI is InChI=1S/C15H23Cl4NO2S2/c1-3-5-8-12-9-6-7-10-13(12)24(21,22)20(11-4-2)23-15(18,19)14(16)17/h4-5,8,12-14H,2-3,6-7,9-11H2,1H3. The monoisotopic (exact) mass is 453 g/mol. The Balaban J connectivity index is 3.09. The minimum atomic E-state index is -3.64. The van der Waals surface area contributed by atoms with Gasteiger partial charge in [0.1, 0.15) is 0 Å². The summed E-state index contributed by atoms with van der Waals surface area (Å²) in [6.45, 7) is 5.72. The number of alkyl halides is 4. The van der Waals surface area contributed by atoms with Crippen LogP contribution in [0.4, 0.5) is 0 Å². The van der Waals surface area contributed by atoms with E-state index in [1.165, 1.54) is 9.79 Å². The number of rotatable bonds is 9. The molecule has 0 aromatic rings. The Hall–Kier alpha value is 0.900. The largest absolute Gasteiger partial charge is 0.227 e. The molecule has 9 heteroatoms. The Kier molecular flexibility index (Phi) is 9.84. The molecule has 3 nitrogen and oxygen atoms in total. The minimum Gasteiger partial charge on any atom is -0.211 e. The normalized spacial score (nSPS) is 23.3. The van der Waals surface area contributed by atoms with E-state index < -0.39 is 23.8 Å². The molecule has 0 aromatic carbocycles. The molecule has 0 aromatic heterocycles. The highest BCUT2D eigenvalue weighted by molar-refractivity contribution is 8.11. The maximum Gasteiger partial charge on any atom is 0.227 e. The van der Waals surface area contributed by atoms with E-state index in [1.54, 1.807) is 0 Å². The summed E-state index contributed by atoms with van der Waals surface area (Å²) < 4.78 is 25.8. The summed E-state index contributed by atoms with van der Waals surface area (Å²) in [6.07, 6.45) is 9.77. The molecule has 0 saturated heterocycles. The molecular weight excluding hydrogens is 432 g/mol. The Morgan fingerprint density at radius 3 is 2.50 bits per heavy atom. The van der Waals surface area contributed by atoms with Crippen LogP contribution in [0, 0.1) is 5.92 Å². The first-order valence-corrected chi connectivity index (χ1v) is 11.7. The van der Waals surface area contributed by atoms with Crippen molar-refractivity contribution >= 4 is 68.4 Å². The molecule has 0 aliphatic heterocycles. The molecule has 1 aliphatic rings. The van der Waals surface area contributed by atoms with E-state index >= 15 is 0 Å². The van der Waals surface area contributed by atoms with Crippen LogP contribution in [0.3, 0.4) is 0 Å². The predicted molar refractivity (Wildman–Crippen MR) is 109 cm³/mol. The van der Waals surface area contributed by atoms with Gasteiger partial charge in [-0.3, -0.25) is 0 Å².